The molecular formula is C41H70N4O3. The van der Waals surface area contributed by atoms with Gasteiger partial charge < -0.3 is 20.3 Å². The van der Waals surface area contributed by atoms with Gasteiger partial charge in [0.15, 0.2) is 0 Å². The molecule has 7 heteroatoms. The lowest BCUT2D eigenvalue weighted by molar-refractivity contribution is -0.118. The minimum atomic E-state index is -0.163. The van der Waals surface area contributed by atoms with Crippen LogP contribution in [0.5, 0.6) is 5.75 Å². The van der Waals surface area contributed by atoms with E-state index in [1.165, 1.54) is 36.5 Å². The van der Waals surface area contributed by atoms with Gasteiger partial charge in [0.25, 0.3) is 5.91 Å². The lowest BCUT2D eigenvalue weighted by atomic mass is 9.88. The zero-order valence-electron chi connectivity index (χ0n) is 33.3. The van der Waals surface area contributed by atoms with Gasteiger partial charge in [-0.25, -0.2) is 0 Å². The van der Waals surface area contributed by atoms with Crippen molar-refractivity contribution in [2.45, 2.75) is 115 Å². The molecule has 2 amide bonds. The van der Waals surface area contributed by atoms with Gasteiger partial charge in [-0.2, -0.15) is 5.26 Å². The summed E-state index contributed by atoms with van der Waals surface area (Å²) in [4.78, 5) is 23.7. The SMILES string of the molecule is C/C(=C\N(C)C)c1ccc(C)cc1.C=C.CC.CCC(C)(C)CC.CCCNC(=O)c1ccc(OC(C)C)c(C#N)c1.CCNC(C)=O. The monoisotopic (exact) mass is 667 g/mol. The number of nitriles is 1. The van der Waals surface area contributed by atoms with Gasteiger partial charge in [0, 0.05) is 45.9 Å². The highest BCUT2D eigenvalue weighted by Gasteiger charge is 2.11. The Balaban J connectivity index is -0.000000282. The maximum absolute atomic E-state index is 11.7. The van der Waals surface area contributed by atoms with Crippen molar-refractivity contribution in [3.63, 3.8) is 0 Å². The summed E-state index contributed by atoms with van der Waals surface area (Å²) < 4.78 is 5.50. The van der Waals surface area contributed by atoms with Gasteiger partial charge in [-0.05, 0) is 75.8 Å². The molecule has 7 nitrogen and oxygen atoms in total. The summed E-state index contributed by atoms with van der Waals surface area (Å²) in [7, 11) is 4.08. The average molecular weight is 667 g/mol. The number of aryl methyl sites for hydroxylation is 1. The Bertz CT molecular complexity index is 1170. The Hall–Kier alpha value is -4.05. The molecule has 0 aliphatic heterocycles. The van der Waals surface area contributed by atoms with Crippen LogP contribution in [0.1, 0.15) is 129 Å². The second-order valence-corrected chi connectivity index (χ2v) is 11.8. The predicted octanol–water partition coefficient (Wildman–Crippen LogP) is 10.2. The molecule has 0 atom stereocenters. The van der Waals surface area contributed by atoms with E-state index in [9.17, 15) is 9.59 Å². The fraction of sp³-hybridized carbons (Fsp3) is 0.537. The van der Waals surface area contributed by atoms with E-state index in [-0.39, 0.29) is 17.9 Å². The van der Waals surface area contributed by atoms with Gasteiger partial charge in [0.1, 0.15) is 11.8 Å². The Labute approximate surface area is 295 Å². The summed E-state index contributed by atoms with van der Waals surface area (Å²) in [6.45, 7) is 33.8. The first-order chi connectivity index (χ1) is 22.6. The fourth-order valence-corrected chi connectivity index (χ4v) is 3.23. The smallest absolute Gasteiger partial charge is 0.251 e. The van der Waals surface area contributed by atoms with E-state index in [2.05, 4.69) is 101 Å². The summed E-state index contributed by atoms with van der Waals surface area (Å²) >= 11 is 0. The van der Waals surface area contributed by atoms with E-state index in [1.807, 2.05) is 61.7 Å². The molecule has 0 bridgehead atoms. The van der Waals surface area contributed by atoms with E-state index >= 15 is 0 Å². The number of rotatable bonds is 10. The predicted molar refractivity (Wildman–Crippen MR) is 209 cm³/mol. The van der Waals surface area contributed by atoms with Gasteiger partial charge in [-0.15, -0.1) is 13.2 Å². The van der Waals surface area contributed by atoms with E-state index in [4.69, 9.17) is 10.00 Å². The highest BCUT2D eigenvalue weighted by atomic mass is 16.5. The maximum atomic E-state index is 11.7. The van der Waals surface area contributed by atoms with Crippen LogP contribution in [0, 0.1) is 23.7 Å². The first-order valence-electron chi connectivity index (χ1n) is 17.2. The van der Waals surface area contributed by atoms with Crippen LogP contribution < -0.4 is 15.4 Å². The third-order valence-electron chi connectivity index (χ3n) is 6.56. The second-order valence-electron chi connectivity index (χ2n) is 11.8. The second kappa shape index (κ2) is 31.5. The lowest BCUT2D eigenvalue weighted by Gasteiger charge is -2.18. The molecule has 0 saturated heterocycles. The first kappa shape index (κ1) is 50.8. The van der Waals surface area contributed by atoms with Gasteiger partial charge >= 0.3 is 0 Å². The van der Waals surface area contributed by atoms with E-state index in [0.717, 1.165) is 13.0 Å². The molecule has 48 heavy (non-hydrogen) atoms. The van der Waals surface area contributed by atoms with Crippen molar-refractivity contribution in [1.29, 1.82) is 5.26 Å². The van der Waals surface area contributed by atoms with Crippen LogP contribution in [0.25, 0.3) is 5.57 Å². The van der Waals surface area contributed by atoms with Gasteiger partial charge in [0.05, 0.1) is 11.7 Å². The standard InChI is InChI=1S/C14H18N2O2.C12H17N.C7H16.C4H9NO.C2H6.C2H4/c1-4-7-16-14(17)11-5-6-13(18-10(2)3)12(8-11)9-15;1-10-5-7-12(8-6-10)11(2)9-13(3)4;1-5-7(3,4)6-2;1-3-5-4(2)6;2*1-2/h5-6,8,10H,4,7H2,1-3H3,(H,16,17);5-9H,1-4H3;5-6H2,1-4H3;3H2,1-2H3,(H,5,6);1-2H3;1-2H2/b;11-9+;;;;. The molecule has 272 valence electrons. The molecular weight excluding hydrogens is 596 g/mol. The fourth-order valence-electron chi connectivity index (χ4n) is 3.23. The molecule has 2 aromatic carbocycles. The summed E-state index contributed by atoms with van der Waals surface area (Å²) in [5.41, 5.74) is 5.34. The quantitative estimate of drug-likeness (QED) is 0.246. The van der Waals surface area contributed by atoms with Crippen LogP contribution in [0.15, 0.2) is 61.8 Å². The van der Waals surface area contributed by atoms with Crippen molar-refractivity contribution in [3.8, 4) is 11.8 Å². The van der Waals surface area contributed by atoms with Crippen LogP contribution in [-0.2, 0) is 4.79 Å². The lowest BCUT2D eigenvalue weighted by Crippen LogP contribution is -2.24. The number of hydrogen-bond acceptors (Lipinski definition) is 5. The topological polar surface area (TPSA) is 94.5 Å². The van der Waals surface area contributed by atoms with Gasteiger partial charge in [-0.3, -0.25) is 9.59 Å². The molecule has 0 unspecified atom stereocenters. The number of benzene rings is 2. The number of nitrogens with one attached hydrogen (secondary N) is 2. The number of allylic oxidation sites excluding steroid dienone is 1. The Morgan fingerprint density at radius 3 is 1.77 bits per heavy atom. The third kappa shape index (κ3) is 28.2. The van der Waals surface area contributed by atoms with Crippen LogP contribution >= 0.6 is 0 Å². The van der Waals surface area contributed by atoms with Crippen LogP contribution in [-0.4, -0.2) is 50.0 Å². The number of hydrogen-bond donors (Lipinski definition) is 2. The van der Waals surface area contributed by atoms with Gasteiger partial charge in [0.2, 0.25) is 5.91 Å². The highest BCUT2D eigenvalue weighted by molar-refractivity contribution is 5.94. The molecule has 0 aliphatic carbocycles. The summed E-state index contributed by atoms with van der Waals surface area (Å²) in [5.74, 6) is 0.390. The molecule has 2 rings (SSSR count). The van der Waals surface area contributed by atoms with Crippen molar-refractivity contribution >= 4 is 17.4 Å². The maximum Gasteiger partial charge on any atom is 0.251 e. The molecule has 0 aliphatic rings. The normalized spacial score (nSPS) is 9.77. The molecule has 0 radical (unpaired) electrons. The van der Waals surface area contributed by atoms with E-state index in [0.29, 0.717) is 28.8 Å². The zero-order chi connectivity index (χ0) is 38.3. The van der Waals surface area contributed by atoms with Crippen molar-refractivity contribution < 1.29 is 14.3 Å². The van der Waals surface area contributed by atoms with Crippen molar-refractivity contribution in [1.82, 2.24) is 15.5 Å². The molecule has 2 N–H and O–H groups in total. The molecule has 0 aromatic heterocycles. The minimum absolute atomic E-state index is 0.00290. The third-order valence-corrected chi connectivity index (χ3v) is 6.56. The van der Waals surface area contributed by atoms with Crippen LogP contribution in [0.2, 0.25) is 0 Å². The molecule has 0 fully saturated rings. The zero-order valence-corrected chi connectivity index (χ0v) is 33.3. The number of amides is 2. The van der Waals surface area contributed by atoms with Gasteiger partial charge in [-0.1, -0.05) is 91.1 Å². The summed E-state index contributed by atoms with van der Waals surface area (Å²) in [6.07, 6.45) is 5.60. The first-order valence-corrected chi connectivity index (χ1v) is 17.2. The Morgan fingerprint density at radius 1 is 0.938 bits per heavy atom. The number of nitrogens with zero attached hydrogens (tertiary/aromatic N) is 2. The van der Waals surface area contributed by atoms with Crippen LogP contribution in [0.4, 0.5) is 0 Å². The van der Waals surface area contributed by atoms with Crippen molar-refractivity contribution in [2.24, 2.45) is 5.41 Å². The van der Waals surface area contributed by atoms with E-state index < -0.39 is 0 Å². The number of carbonyl (C=O) groups is 2. The average Bonchev–Trinajstić information content (AvgIpc) is 3.06. The summed E-state index contributed by atoms with van der Waals surface area (Å²) in [6, 6.07) is 15.5. The largest absolute Gasteiger partial charge is 0.490 e. The van der Waals surface area contributed by atoms with E-state index in [1.54, 1.807) is 18.2 Å². The number of ether oxygens (including phenoxy) is 1. The molecule has 0 spiro atoms. The Morgan fingerprint density at radius 2 is 1.44 bits per heavy atom. The molecule has 0 heterocycles. The van der Waals surface area contributed by atoms with Crippen LogP contribution in [0.3, 0.4) is 0 Å². The Kier molecular flexibility index (Phi) is 33.4. The van der Waals surface area contributed by atoms with Crippen molar-refractivity contribution in [3.05, 3.63) is 84.1 Å². The minimum Gasteiger partial charge on any atom is -0.490 e. The highest BCUT2D eigenvalue weighted by Crippen LogP contribution is 2.23. The molecule has 2 aromatic rings. The number of carbonyl (C=O) groups excluding carboxylic acids is 2. The summed E-state index contributed by atoms with van der Waals surface area (Å²) in [5, 5.41) is 14.4. The molecule has 0 saturated carbocycles. The van der Waals surface area contributed by atoms with Crippen molar-refractivity contribution in [2.75, 3.05) is 27.2 Å².